The van der Waals surface area contributed by atoms with E-state index in [1.807, 2.05) is 18.7 Å². The summed E-state index contributed by atoms with van der Waals surface area (Å²) in [4.78, 5) is 15.6. The van der Waals surface area contributed by atoms with Gasteiger partial charge in [-0.3, -0.25) is 14.0 Å². The number of fused-ring (bicyclic) bond motifs is 1. The third-order valence-corrected chi connectivity index (χ3v) is 5.24. The van der Waals surface area contributed by atoms with Gasteiger partial charge in [0.2, 0.25) is 0 Å². The van der Waals surface area contributed by atoms with Crippen LogP contribution in [0.5, 0.6) is 0 Å². The Balaban J connectivity index is 2.16. The van der Waals surface area contributed by atoms with Gasteiger partial charge >= 0.3 is 5.97 Å². The van der Waals surface area contributed by atoms with Crippen molar-refractivity contribution in [3.05, 3.63) is 5.69 Å². The summed E-state index contributed by atoms with van der Waals surface area (Å²) in [6, 6.07) is 0. The van der Waals surface area contributed by atoms with Crippen LogP contribution in [-0.2, 0) is 17.4 Å². The molecule has 6 nitrogen and oxygen atoms in total. The highest BCUT2D eigenvalue weighted by Crippen LogP contribution is 2.41. The first kappa shape index (κ1) is 14.4. The fraction of sp³-hybridized carbons (Fsp3) is 0.643. The van der Waals surface area contributed by atoms with Crippen LogP contribution in [0, 0.1) is 6.92 Å². The molecule has 21 heavy (non-hydrogen) atoms. The Bertz CT molecular complexity index is 697. The van der Waals surface area contributed by atoms with Crippen LogP contribution >= 0.6 is 11.8 Å². The summed E-state index contributed by atoms with van der Waals surface area (Å²) in [7, 11) is 1.93. The van der Waals surface area contributed by atoms with Gasteiger partial charge in [-0.15, -0.1) is 0 Å². The molecular formula is C14H20N4O2S. The maximum absolute atomic E-state index is 10.9. The first-order chi connectivity index (χ1) is 9.92. The van der Waals surface area contributed by atoms with Crippen molar-refractivity contribution in [2.45, 2.75) is 50.2 Å². The molecule has 1 saturated carbocycles. The molecule has 1 N–H and O–H groups in total. The molecule has 0 spiro atoms. The lowest BCUT2D eigenvalue weighted by Gasteiger charge is -2.28. The molecule has 0 saturated heterocycles. The molecule has 1 aliphatic rings. The van der Waals surface area contributed by atoms with E-state index < -0.39 is 5.97 Å². The van der Waals surface area contributed by atoms with Gasteiger partial charge in [0, 0.05) is 12.6 Å². The average molecular weight is 308 g/mol. The Morgan fingerprint density at radius 3 is 2.71 bits per heavy atom. The topological polar surface area (TPSA) is 72.9 Å². The smallest absolute Gasteiger partial charge is 0.313 e. The van der Waals surface area contributed by atoms with Gasteiger partial charge in [-0.05, 0) is 26.7 Å². The average Bonchev–Trinajstić information content (AvgIpc) is 3.06. The van der Waals surface area contributed by atoms with Gasteiger partial charge in [-0.1, -0.05) is 24.6 Å². The highest BCUT2D eigenvalue weighted by Gasteiger charge is 2.35. The van der Waals surface area contributed by atoms with E-state index in [-0.39, 0.29) is 11.3 Å². The summed E-state index contributed by atoms with van der Waals surface area (Å²) >= 11 is 1.30. The second-order valence-corrected chi connectivity index (χ2v) is 6.94. The zero-order chi connectivity index (χ0) is 15.2. The number of nitrogens with zero attached hydrogens (tertiary/aromatic N) is 4. The van der Waals surface area contributed by atoms with Crippen LogP contribution in [-0.4, -0.2) is 36.2 Å². The number of aromatic nitrogens is 4. The first-order valence-corrected chi connectivity index (χ1v) is 8.18. The monoisotopic (exact) mass is 308 g/mol. The molecule has 3 rings (SSSR count). The van der Waals surface area contributed by atoms with E-state index >= 15 is 0 Å². The van der Waals surface area contributed by atoms with E-state index in [2.05, 4.69) is 21.6 Å². The molecule has 1 aliphatic carbocycles. The summed E-state index contributed by atoms with van der Waals surface area (Å²) in [5.74, 6) is -0.781. The minimum Gasteiger partial charge on any atom is -0.481 e. The van der Waals surface area contributed by atoms with Crippen molar-refractivity contribution >= 4 is 28.9 Å². The second-order valence-electron chi connectivity index (χ2n) is 6.00. The van der Waals surface area contributed by atoms with E-state index in [1.54, 1.807) is 0 Å². The molecule has 114 valence electrons. The van der Waals surface area contributed by atoms with Crippen LogP contribution in [0.15, 0.2) is 5.16 Å². The third kappa shape index (κ3) is 2.33. The standard InChI is InChI=1S/C14H20N4O2S/c1-9-11-12(17(3)16-9)18(14(2)6-4-5-7-14)13(15-11)21-8-10(19)20/h4-8H2,1-3H3,(H,19,20). The van der Waals surface area contributed by atoms with E-state index in [1.165, 1.54) is 24.6 Å². The van der Waals surface area contributed by atoms with Crippen LogP contribution in [0.2, 0.25) is 0 Å². The van der Waals surface area contributed by atoms with Crippen molar-refractivity contribution in [1.82, 2.24) is 19.3 Å². The molecular weight excluding hydrogens is 288 g/mol. The van der Waals surface area contributed by atoms with E-state index in [9.17, 15) is 4.79 Å². The van der Waals surface area contributed by atoms with Crippen molar-refractivity contribution in [3.63, 3.8) is 0 Å². The van der Waals surface area contributed by atoms with Gasteiger partial charge in [0.25, 0.3) is 0 Å². The van der Waals surface area contributed by atoms with Crippen LogP contribution < -0.4 is 0 Å². The maximum atomic E-state index is 10.9. The highest BCUT2D eigenvalue weighted by atomic mass is 32.2. The van der Waals surface area contributed by atoms with E-state index in [0.717, 1.165) is 34.9 Å². The molecule has 7 heteroatoms. The molecule has 2 heterocycles. The predicted molar refractivity (Wildman–Crippen MR) is 81.7 cm³/mol. The molecule has 0 aliphatic heterocycles. The number of carbonyl (C=O) groups is 1. The van der Waals surface area contributed by atoms with Crippen LogP contribution in [0.25, 0.3) is 11.2 Å². The molecule has 0 atom stereocenters. The zero-order valence-electron chi connectivity index (χ0n) is 12.6. The molecule has 0 amide bonds. The molecule has 1 fully saturated rings. The summed E-state index contributed by atoms with van der Waals surface area (Å²) < 4.78 is 4.09. The van der Waals surface area contributed by atoms with Crippen LogP contribution in [0.4, 0.5) is 0 Å². The minimum atomic E-state index is -0.815. The zero-order valence-corrected chi connectivity index (χ0v) is 13.4. The Morgan fingerprint density at radius 1 is 1.43 bits per heavy atom. The largest absolute Gasteiger partial charge is 0.481 e. The Morgan fingerprint density at radius 2 is 2.10 bits per heavy atom. The van der Waals surface area contributed by atoms with Crippen molar-refractivity contribution in [2.75, 3.05) is 5.75 Å². The van der Waals surface area contributed by atoms with Crippen molar-refractivity contribution in [2.24, 2.45) is 7.05 Å². The molecule has 0 bridgehead atoms. The quantitative estimate of drug-likeness (QED) is 0.879. The van der Waals surface area contributed by atoms with E-state index in [0.29, 0.717) is 0 Å². The number of aryl methyl sites for hydroxylation is 2. The van der Waals surface area contributed by atoms with Gasteiger partial charge in [-0.25, -0.2) is 4.98 Å². The number of rotatable bonds is 4. The number of imidazole rings is 1. The highest BCUT2D eigenvalue weighted by molar-refractivity contribution is 7.99. The van der Waals surface area contributed by atoms with Gasteiger partial charge in [0.1, 0.15) is 5.52 Å². The first-order valence-electron chi connectivity index (χ1n) is 7.19. The fourth-order valence-electron chi connectivity index (χ4n) is 3.32. The number of hydrogen-bond donors (Lipinski definition) is 1. The molecule has 0 aromatic carbocycles. The summed E-state index contributed by atoms with van der Waals surface area (Å²) in [5.41, 5.74) is 2.80. The Kier molecular flexibility index (Phi) is 3.47. The van der Waals surface area contributed by atoms with Crippen LogP contribution in [0.3, 0.4) is 0 Å². The number of carboxylic acids is 1. The SMILES string of the molecule is Cc1nn(C)c2c1nc(SCC(=O)O)n2C1(C)CCCC1. The lowest BCUT2D eigenvalue weighted by Crippen LogP contribution is -2.28. The number of carboxylic acid groups (broad SMARTS) is 1. The van der Waals surface area contributed by atoms with Crippen molar-refractivity contribution < 1.29 is 9.90 Å². The van der Waals surface area contributed by atoms with Crippen molar-refractivity contribution in [3.8, 4) is 0 Å². The molecule has 0 radical (unpaired) electrons. The molecule has 2 aromatic rings. The number of hydrogen-bond acceptors (Lipinski definition) is 4. The van der Waals surface area contributed by atoms with Gasteiger partial charge in [0.05, 0.1) is 11.4 Å². The Labute approximate surface area is 127 Å². The minimum absolute atomic E-state index is 0.00974. The maximum Gasteiger partial charge on any atom is 0.313 e. The normalized spacial score (nSPS) is 17.7. The summed E-state index contributed by atoms with van der Waals surface area (Å²) in [6.45, 7) is 4.19. The summed E-state index contributed by atoms with van der Waals surface area (Å²) in [6.07, 6.45) is 4.61. The number of thioether (sulfide) groups is 1. The van der Waals surface area contributed by atoms with Gasteiger partial charge < -0.3 is 5.11 Å². The summed E-state index contributed by atoms with van der Waals surface area (Å²) in [5, 5.41) is 14.2. The molecule has 2 aromatic heterocycles. The third-order valence-electron chi connectivity index (χ3n) is 4.32. The van der Waals surface area contributed by atoms with Gasteiger partial charge in [0.15, 0.2) is 10.8 Å². The second kappa shape index (κ2) is 5.05. The Hall–Kier alpha value is -1.50. The lowest BCUT2D eigenvalue weighted by atomic mass is 10.0. The van der Waals surface area contributed by atoms with E-state index in [4.69, 9.17) is 5.11 Å². The van der Waals surface area contributed by atoms with Crippen molar-refractivity contribution in [1.29, 1.82) is 0 Å². The van der Waals surface area contributed by atoms with Crippen LogP contribution in [0.1, 0.15) is 38.3 Å². The lowest BCUT2D eigenvalue weighted by molar-refractivity contribution is -0.133. The van der Waals surface area contributed by atoms with Gasteiger partial charge in [-0.2, -0.15) is 5.10 Å². The molecule has 0 unspecified atom stereocenters. The number of aliphatic carboxylic acids is 1. The predicted octanol–water partition coefficient (Wildman–Crippen LogP) is 2.54. The fourth-order valence-corrected chi connectivity index (χ4v) is 4.17.